The Balaban J connectivity index is 2.09. The van der Waals surface area contributed by atoms with Gasteiger partial charge in [0.05, 0.1) is 0 Å². The Kier molecular flexibility index (Phi) is 4.28. The first-order chi connectivity index (χ1) is 9.20. The number of nitrogens with zero attached hydrogens (tertiary/aromatic N) is 2. The minimum atomic E-state index is 0.0268. The number of rotatable bonds is 5. The fourth-order valence-electron chi connectivity index (χ4n) is 1.92. The van der Waals surface area contributed by atoms with Gasteiger partial charge in [-0.05, 0) is 18.6 Å². The third-order valence-electron chi connectivity index (χ3n) is 2.99. The summed E-state index contributed by atoms with van der Waals surface area (Å²) in [7, 11) is 0. The highest BCUT2D eigenvalue weighted by Gasteiger charge is 2.12. The van der Waals surface area contributed by atoms with E-state index >= 15 is 0 Å². The Morgan fingerprint density at radius 3 is 3.00 bits per heavy atom. The van der Waals surface area contributed by atoms with Crippen molar-refractivity contribution in [1.29, 1.82) is 0 Å². The van der Waals surface area contributed by atoms with Crippen molar-refractivity contribution in [2.24, 2.45) is 5.92 Å². The molecule has 1 unspecified atom stereocenters. The Hall–Kier alpha value is -2.17. The van der Waals surface area contributed by atoms with Crippen LogP contribution in [-0.2, 0) is 4.79 Å². The molecule has 2 N–H and O–H groups in total. The Morgan fingerprint density at radius 2 is 2.32 bits per heavy atom. The van der Waals surface area contributed by atoms with Gasteiger partial charge in [0.1, 0.15) is 6.33 Å². The lowest BCUT2D eigenvalue weighted by molar-refractivity contribution is -0.119. The van der Waals surface area contributed by atoms with Crippen molar-refractivity contribution in [3.8, 4) is 11.4 Å². The van der Waals surface area contributed by atoms with Crippen LogP contribution >= 0.6 is 0 Å². The van der Waals surface area contributed by atoms with E-state index in [9.17, 15) is 4.79 Å². The molecule has 0 bridgehead atoms. The minimum absolute atomic E-state index is 0.0268. The van der Waals surface area contributed by atoms with Gasteiger partial charge in [-0.15, -0.1) is 0 Å². The minimum Gasteiger partial charge on any atom is -0.326 e. The third kappa shape index (κ3) is 3.40. The summed E-state index contributed by atoms with van der Waals surface area (Å²) in [4.78, 5) is 16.0. The molecule has 0 aliphatic rings. The third-order valence-corrected chi connectivity index (χ3v) is 2.99. The normalized spacial score (nSPS) is 12.1. The number of hydrogen-bond donors (Lipinski definition) is 2. The van der Waals surface area contributed by atoms with Crippen LogP contribution in [0.5, 0.6) is 0 Å². The van der Waals surface area contributed by atoms with E-state index in [4.69, 9.17) is 0 Å². The molecule has 0 saturated heterocycles. The molecule has 0 fully saturated rings. The molecule has 5 nitrogen and oxygen atoms in total. The van der Waals surface area contributed by atoms with E-state index in [1.54, 1.807) is 0 Å². The first-order valence-electron chi connectivity index (χ1n) is 6.47. The first-order valence-corrected chi connectivity index (χ1v) is 6.47. The highest BCUT2D eigenvalue weighted by atomic mass is 16.1. The van der Waals surface area contributed by atoms with Crippen LogP contribution < -0.4 is 5.32 Å². The number of carbonyl (C=O) groups excluding carboxylic acids is 1. The van der Waals surface area contributed by atoms with E-state index in [0.29, 0.717) is 5.82 Å². The van der Waals surface area contributed by atoms with E-state index < -0.39 is 0 Å². The molecule has 0 spiro atoms. The van der Waals surface area contributed by atoms with Gasteiger partial charge in [0, 0.05) is 17.2 Å². The van der Waals surface area contributed by atoms with Crippen LogP contribution in [0, 0.1) is 5.92 Å². The molecule has 1 amide bonds. The van der Waals surface area contributed by atoms with E-state index in [0.717, 1.165) is 24.1 Å². The molecule has 1 aromatic heterocycles. The summed E-state index contributed by atoms with van der Waals surface area (Å²) in [5.41, 5.74) is 1.68. The molecule has 5 heteroatoms. The zero-order valence-corrected chi connectivity index (χ0v) is 11.2. The SMILES string of the molecule is CCCC(C)C(=O)Nc1cccc(-c2ncn[nH]2)c1. The van der Waals surface area contributed by atoms with Crippen LogP contribution in [-0.4, -0.2) is 21.1 Å². The van der Waals surface area contributed by atoms with Crippen molar-refractivity contribution in [2.45, 2.75) is 26.7 Å². The van der Waals surface area contributed by atoms with E-state index in [2.05, 4.69) is 27.4 Å². The fourth-order valence-corrected chi connectivity index (χ4v) is 1.92. The van der Waals surface area contributed by atoms with Crippen molar-refractivity contribution in [3.05, 3.63) is 30.6 Å². The van der Waals surface area contributed by atoms with Crippen molar-refractivity contribution in [1.82, 2.24) is 15.2 Å². The Bertz CT molecular complexity index is 536. The predicted molar refractivity (Wildman–Crippen MR) is 74.5 cm³/mol. The largest absolute Gasteiger partial charge is 0.326 e. The number of hydrogen-bond acceptors (Lipinski definition) is 3. The van der Waals surface area contributed by atoms with E-state index in [1.165, 1.54) is 6.33 Å². The monoisotopic (exact) mass is 258 g/mol. The second-order valence-electron chi connectivity index (χ2n) is 4.59. The van der Waals surface area contributed by atoms with Gasteiger partial charge in [-0.3, -0.25) is 9.89 Å². The van der Waals surface area contributed by atoms with Crippen molar-refractivity contribution < 1.29 is 4.79 Å². The number of aromatic amines is 1. The van der Waals surface area contributed by atoms with Crippen molar-refractivity contribution in [2.75, 3.05) is 5.32 Å². The number of carbonyl (C=O) groups is 1. The van der Waals surface area contributed by atoms with Gasteiger partial charge in [-0.25, -0.2) is 4.98 Å². The van der Waals surface area contributed by atoms with Crippen molar-refractivity contribution >= 4 is 11.6 Å². The number of anilines is 1. The van der Waals surface area contributed by atoms with Gasteiger partial charge in [0.25, 0.3) is 0 Å². The summed E-state index contributed by atoms with van der Waals surface area (Å²) in [6.45, 7) is 4.02. The Morgan fingerprint density at radius 1 is 1.47 bits per heavy atom. The highest BCUT2D eigenvalue weighted by molar-refractivity contribution is 5.92. The van der Waals surface area contributed by atoms with Crippen LogP contribution in [0.2, 0.25) is 0 Å². The number of nitrogens with one attached hydrogen (secondary N) is 2. The molecule has 0 radical (unpaired) electrons. The lowest BCUT2D eigenvalue weighted by Gasteiger charge is -2.11. The molecule has 1 heterocycles. The number of aromatic nitrogens is 3. The molecular weight excluding hydrogens is 240 g/mol. The van der Waals surface area contributed by atoms with Crippen molar-refractivity contribution in [3.63, 3.8) is 0 Å². The van der Waals surface area contributed by atoms with Gasteiger partial charge in [0.2, 0.25) is 5.91 Å². The molecular formula is C14H18N4O. The molecule has 0 saturated carbocycles. The zero-order valence-electron chi connectivity index (χ0n) is 11.2. The summed E-state index contributed by atoms with van der Waals surface area (Å²) >= 11 is 0. The Labute approximate surface area is 112 Å². The average molecular weight is 258 g/mol. The van der Waals surface area contributed by atoms with Crippen LogP contribution in [0.1, 0.15) is 26.7 Å². The summed E-state index contributed by atoms with van der Waals surface area (Å²) in [5, 5.41) is 9.55. The number of benzene rings is 1. The number of amides is 1. The van der Waals surface area contributed by atoms with Gasteiger partial charge < -0.3 is 5.32 Å². The quantitative estimate of drug-likeness (QED) is 0.866. The average Bonchev–Trinajstić information content (AvgIpc) is 2.93. The van der Waals surface area contributed by atoms with Crippen LogP contribution in [0.15, 0.2) is 30.6 Å². The van der Waals surface area contributed by atoms with Gasteiger partial charge in [-0.2, -0.15) is 5.10 Å². The highest BCUT2D eigenvalue weighted by Crippen LogP contribution is 2.19. The van der Waals surface area contributed by atoms with Gasteiger partial charge >= 0.3 is 0 Å². The first kappa shape index (κ1) is 13.3. The molecule has 2 rings (SSSR count). The number of H-pyrrole nitrogens is 1. The molecule has 100 valence electrons. The lowest BCUT2D eigenvalue weighted by Crippen LogP contribution is -2.20. The fraction of sp³-hybridized carbons (Fsp3) is 0.357. The maximum absolute atomic E-state index is 12.0. The second kappa shape index (κ2) is 6.13. The molecule has 0 aliphatic carbocycles. The maximum Gasteiger partial charge on any atom is 0.227 e. The molecule has 1 aromatic carbocycles. The van der Waals surface area contributed by atoms with E-state index in [1.807, 2.05) is 31.2 Å². The molecule has 1 atom stereocenters. The standard InChI is InChI=1S/C14H18N4O/c1-3-5-10(2)14(19)17-12-7-4-6-11(8-12)13-15-9-16-18-13/h4,6-10H,3,5H2,1-2H3,(H,17,19)(H,15,16,18). The van der Waals surface area contributed by atoms with Crippen LogP contribution in [0.4, 0.5) is 5.69 Å². The molecule has 19 heavy (non-hydrogen) atoms. The van der Waals surface area contributed by atoms with E-state index in [-0.39, 0.29) is 11.8 Å². The summed E-state index contributed by atoms with van der Waals surface area (Å²) in [6.07, 6.45) is 3.37. The topological polar surface area (TPSA) is 70.7 Å². The predicted octanol–water partition coefficient (Wildman–Crippen LogP) is 2.85. The lowest BCUT2D eigenvalue weighted by atomic mass is 10.1. The van der Waals surface area contributed by atoms with Gasteiger partial charge in [0.15, 0.2) is 5.82 Å². The second-order valence-corrected chi connectivity index (χ2v) is 4.59. The molecule has 0 aliphatic heterocycles. The van der Waals surface area contributed by atoms with Gasteiger partial charge in [-0.1, -0.05) is 32.4 Å². The zero-order chi connectivity index (χ0) is 13.7. The summed E-state index contributed by atoms with van der Waals surface area (Å²) in [6, 6.07) is 7.57. The summed E-state index contributed by atoms with van der Waals surface area (Å²) in [5.74, 6) is 0.771. The van der Waals surface area contributed by atoms with Crippen LogP contribution in [0.25, 0.3) is 11.4 Å². The smallest absolute Gasteiger partial charge is 0.227 e. The maximum atomic E-state index is 12.0. The van der Waals surface area contributed by atoms with Crippen LogP contribution in [0.3, 0.4) is 0 Å². The molecule has 2 aromatic rings. The summed E-state index contributed by atoms with van der Waals surface area (Å²) < 4.78 is 0.